The zero-order valence-electron chi connectivity index (χ0n) is 14.6. The molecule has 1 aromatic rings. The van der Waals surface area contributed by atoms with Gasteiger partial charge in [0.1, 0.15) is 5.75 Å². The topological polar surface area (TPSA) is 26.3 Å². The molecular formula is C20H28O2. The maximum Gasteiger partial charge on any atom is 0.160 e. The Morgan fingerprint density at radius 2 is 1.95 bits per heavy atom. The minimum atomic E-state index is 0.160. The van der Waals surface area contributed by atoms with E-state index in [1.807, 2.05) is 6.07 Å². The molecule has 0 aromatic heterocycles. The number of benzene rings is 1. The Labute approximate surface area is 134 Å². The molecule has 1 fully saturated rings. The second-order valence-electron chi connectivity index (χ2n) is 8.11. The van der Waals surface area contributed by atoms with Crippen molar-refractivity contribution in [2.75, 3.05) is 7.11 Å². The third kappa shape index (κ3) is 2.19. The van der Waals surface area contributed by atoms with Gasteiger partial charge in [-0.25, -0.2) is 0 Å². The molecule has 120 valence electrons. The highest BCUT2D eigenvalue weighted by Gasteiger charge is 2.50. The van der Waals surface area contributed by atoms with E-state index in [0.717, 1.165) is 17.7 Å². The van der Waals surface area contributed by atoms with E-state index in [1.54, 1.807) is 14.0 Å². The quantitative estimate of drug-likeness (QED) is 0.724. The van der Waals surface area contributed by atoms with Crippen LogP contribution >= 0.6 is 0 Å². The number of hydrogen-bond donors (Lipinski definition) is 0. The van der Waals surface area contributed by atoms with Crippen molar-refractivity contribution < 1.29 is 9.53 Å². The molecule has 1 saturated carbocycles. The summed E-state index contributed by atoms with van der Waals surface area (Å²) in [6.07, 6.45) is 6.03. The first-order valence-corrected chi connectivity index (χ1v) is 8.52. The number of ether oxygens (including phenoxy) is 1. The van der Waals surface area contributed by atoms with Gasteiger partial charge in [0.15, 0.2) is 5.78 Å². The van der Waals surface area contributed by atoms with Crippen molar-refractivity contribution in [2.45, 2.75) is 65.2 Å². The standard InChI is InChI=1S/C20H28O2/c1-13(21)16-11-14(22-5)12-17-15(16)7-8-18-19(2,3)9-6-10-20(17,18)4/h11-12,18H,6-10H2,1-5H3. The van der Waals surface area contributed by atoms with Gasteiger partial charge in [0.2, 0.25) is 0 Å². The molecule has 0 heterocycles. The molecule has 0 bridgehead atoms. The number of carbonyl (C=O) groups excluding carboxylic acids is 1. The van der Waals surface area contributed by atoms with Crippen molar-refractivity contribution in [1.82, 2.24) is 0 Å². The van der Waals surface area contributed by atoms with Crippen LogP contribution in [-0.4, -0.2) is 12.9 Å². The number of Topliss-reactive ketones (excluding diaryl/α,β-unsaturated/α-hetero) is 1. The summed E-state index contributed by atoms with van der Waals surface area (Å²) in [4.78, 5) is 12.1. The summed E-state index contributed by atoms with van der Waals surface area (Å²) in [6, 6.07) is 4.13. The van der Waals surface area contributed by atoms with Crippen LogP contribution < -0.4 is 4.74 Å². The lowest BCUT2D eigenvalue weighted by Crippen LogP contribution is -2.48. The summed E-state index contributed by atoms with van der Waals surface area (Å²) in [6.45, 7) is 8.94. The minimum absolute atomic E-state index is 0.160. The van der Waals surface area contributed by atoms with Gasteiger partial charge in [-0.3, -0.25) is 4.79 Å². The second-order valence-corrected chi connectivity index (χ2v) is 8.11. The van der Waals surface area contributed by atoms with Crippen LogP contribution in [0.15, 0.2) is 12.1 Å². The molecule has 22 heavy (non-hydrogen) atoms. The van der Waals surface area contributed by atoms with Gasteiger partial charge in [0.25, 0.3) is 0 Å². The predicted octanol–water partition coefficient (Wildman–Crippen LogP) is 4.93. The summed E-state index contributed by atoms with van der Waals surface area (Å²) in [5, 5.41) is 0. The highest BCUT2D eigenvalue weighted by Crippen LogP contribution is 2.57. The highest BCUT2D eigenvalue weighted by atomic mass is 16.5. The number of hydrogen-bond acceptors (Lipinski definition) is 2. The first-order chi connectivity index (χ1) is 10.3. The monoisotopic (exact) mass is 300 g/mol. The van der Waals surface area contributed by atoms with Crippen LogP contribution in [0.25, 0.3) is 0 Å². The Balaban J connectivity index is 2.21. The van der Waals surface area contributed by atoms with Crippen molar-refractivity contribution in [3.05, 3.63) is 28.8 Å². The van der Waals surface area contributed by atoms with Gasteiger partial charge in [-0.05, 0) is 72.6 Å². The fourth-order valence-electron chi connectivity index (χ4n) is 5.30. The molecule has 0 amide bonds. The fraction of sp³-hybridized carbons (Fsp3) is 0.650. The van der Waals surface area contributed by atoms with E-state index in [2.05, 4.69) is 26.8 Å². The summed E-state index contributed by atoms with van der Waals surface area (Å²) in [5.74, 6) is 1.68. The molecule has 2 aliphatic rings. The molecule has 0 radical (unpaired) electrons. The molecule has 0 spiro atoms. The van der Waals surface area contributed by atoms with E-state index in [4.69, 9.17) is 4.74 Å². The van der Waals surface area contributed by atoms with Crippen LogP contribution in [0.5, 0.6) is 5.75 Å². The van der Waals surface area contributed by atoms with Gasteiger partial charge >= 0.3 is 0 Å². The summed E-state index contributed by atoms with van der Waals surface area (Å²) >= 11 is 0. The van der Waals surface area contributed by atoms with Gasteiger partial charge in [-0.1, -0.05) is 27.2 Å². The fourth-order valence-corrected chi connectivity index (χ4v) is 5.30. The van der Waals surface area contributed by atoms with Crippen molar-refractivity contribution in [2.24, 2.45) is 11.3 Å². The average molecular weight is 300 g/mol. The lowest BCUT2D eigenvalue weighted by Gasteiger charge is -2.54. The molecule has 2 unspecified atom stereocenters. The maximum absolute atomic E-state index is 12.1. The normalized spacial score (nSPS) is 29.4. The number of rotatable bonds is 2. The second kappa shape index (κ2) is 5.11. The van der Waals surface area contributed by atoms with E-state index in [-0.39, 0.29) is 11.2 Å². The van der Waals surface area contributed by atoms with Crippen LogP contribution in [-0.2, 0) is 11.8 Å². The van der Waals surface area contributed by atoms with Crippen LogP contribution in [0.2, 0.25) is 0 Å². The summed E-state index contributed by atoms with van der Waals surface area (Å²) < 4.78 is 5.50. The predicted molar refractivity (Wildman–Crippen MR) is 89.8 cm³/mol. The molecule has 2 nitrogen and oxygen atoms in total. The Bertz CT molecular complexity index is 614. The molecule has 1 aromatic carbocycles. The van der Waals surface area contributed by atoms with Gasteiger partial charge in [-0.15, -0.1) is 0 Å². The number of carbonyl (C=O) groups is 1. The van der Waals surface area contributed by atoms with Crippen LogP contribution in [0.1, 0.15) is 74.9 Å². The molecule has 2 heteroatoms. The first-order valence-electron chi connectivity index (χ1n) is 8.52. The van der Waals surface area contributed by atoms with Gasteiger partial charge in [0, 0.05) is 5.56 Å². The SMILES string of the molecule is COc1cc(C(C)=O)c2c(c1)C1(C)CCCC(C)(C)C1CC2. The Kier molecular flexibility index (Phi) is 3.62. The van der Waals surface area contributed by atoms with E-state index in [1.165, 1.54) is 36.8 Å². The Morgan fingerprint density at radius 1 is 1.23 bits per heavy atom. The molecule has 0 saturated heterocycles. The van der Waals surface area contributed by atoms with E-state index in [9.17, 15) is 4.79 Å². The summed E-state index contributed by atoms with van der Waals surface area (Å²) in [7, 11) is 1.69. The molecule has 2 atom stereocenters. The molecule has 0 aliphatic heterocycles. The van der Waals surface area contributed by atoms with Crippen molar-refractivity contribution in [3.8, 4) is 5.75 Å². The lowest BCUT2D eigenvalue weighted by molar-refractivity contribution is 0.0404. The zero-order chi connectivity index (χ0) is 16.1. The third-order valence-corrected chi connectivity index (χ3v) is 6.37. The number of methoxy groups -OCH3 is 1. The van der Waals surface area contributed by atoms with E-state index >= 15 is 0 Å². The average Bonchev–Trinajstić information content (AvgIpc) is 2.45. The number of fused-ring (bicyclic) bond motifs is 3. The Hall–Kier alpha value is -1.31. The van der Waals surface area contributed by atoms with Crippen molar-refractivity contribution in [3.63, 3.8) is 0 Å². The Morgan fingerprint density at radius 3 is 2.59 bits per heavy atom. The molecule has 3 rings (SSSR count). The van der Waals surface area contributed by atoms with Crippen LogP contribution in [0.3, 0.4) is 0 Å². The molecule has 0 N–H and O–H groups in total. The molecular weight excluding hydrogens is 272 g/mol. The van der Waals surface area contributed by atoms with Gasteiger partial charge in [-0.2, -0.15) is 0 Å². The highest BCUT2D eigenvalue weighted by molar-refractivity contribution is 5.96. The zero-order valence-corrected chi connectivity index (χ0v) is 14.6. The van der Waals surface area contributed by atoms with E-state index in [0.29, 0.717) is 11.3 Å². The van der Waals surface area contributed by atoms with Crippen molar-refractivity contribution >= 4 is 5.78 Å². The van der Waals surface area contributed by atoms with Crippen molar-refractivity contribution in [1.29, 1.82) is 0 Å². The third-order valence-electron chi connectivity index (χ3n) is 6.37. The van der Waals surface area contributed by atoms with Crippen LogP contribution in [0, 0.1) is 11.3 Å². The summed E-state index contributed by atoms with van der Waals surface area (Å²) in [5.41, 5.74) is 4.08. The van der Waals surface area contributed by atoms with Gasteiger partial charge < -0.3 is 4.74 Å². The van der Waals surface area contributed by atoms with Crippen LogP contribution in [0.4, 0.5) is 0 Å². The minimum Gasteiger partial charge on any atom is -0.497 e. The smallest absolute Gasteiger partial charge is 0.160 e. The van der Waals surface area contributed by atoms with E-state index < -0.39 is 0 Å². The number of ketones is 1. The van der Waals surface area contributed by atoms with Gasteiger partial charge in [0.05, 0.1) is 7.11 Å². The maximum atomic E-state index is 12.1. The largest absolute Gasteiger partial charge is 0.497 e. The first kappa shape index (κ1) is 15.6. The molecule has 2 aliphatic carbocycles. The lowest BCUT2D eigenvalue weighted by atomic mass is 9.50.